The molecule has 0 bridgehead atoms. The van der Waals surface area contributed by atoms with Crippen molar-refractivity contribution in [3.8, 4) is 0 Å². The highest BCUT2D eigenvalue weighted by Gasteiger charge is 2.33. The summed E-state index contributed by atoms with van der Waals surface area (Å²) in [6, 6.07) is 12.1. The number of carbonyl (C=O) groups excluding carboxylic acids is 1. The summed E-state index contributed by atoms with van der Waals surface area (Å²) in [5.74, 6) is 0.654. The van der Waals surface area contributed by atoms with E-state index in [-0.39, 0.29) is 5.78 Å². The predicted octanol–water partition coefficient (Wildman–Crippen LogP) is 3.82. The number of halogens is 1. The van der Waals surface area contributed by atoms with E-state index in [2.05, 4.69) is 5.32 Å². The summed E-state index contributed by atoms with van der Waals surface area (Å²) in [6.07, 6.45) is 5.24. The van der Waals surface area contributed by atoms with Crippen LogP contribution < -0.4 is 9.88 Å². The molecule has 0 radical (unpaired) electrons. The van der Waals surface area contributed by atoms with Crippen LogP contribution in [0.3, 0.4) is 0 Å². The number of hydrogen-bond donors (Lipinski definition) is 1. The van der Waals surface area contributed by atoms with Crippen molar-refractivity contribution in [1.29, 1.82) is 0 Å². The Morgan fingerprint density at radius 3 is 2.67 bits per heavy atom. The van der Waals surface area contributed by atoms with Crippen molar-refractivity contribution >= 4 is 45.9 Å². The number of nitrogens with one attached hydrogen (secondary N) is 1. The number of Topliss-reactive ketones (excluding diaryl/α,β-unsaturated/α-hetero) is 1. The number of aromatic nitrogens is 1. The Labute approximate surface area is 153 Å². The highest BCUT2D eigenvalue weighted by Crippen LogP contribution is 2.24. The molecule has 24 heavy (non-hydrogen) atoms. The van der Waals surface area contributed by atoms with Crippen LogP contribution in [0.5, 0.6) is 0 Å². The Morgan fingerprint density at radius 1 is 1.25 bits per heavy atom. The first kappa shape index (κ1) is 16.8. The molecule has 0 aliphatic heterocycles. The second kappa shape index (κ2) is 7.70. The molecule has 0 saturated carbocycles. The van der Waals surface area contributed by atoms with Gasteiger partial charge in [0.2, 0.25) is 5.78 Å². The molecule has 0 aliphatic carbocycles. The Bertz CT molecular complexity index is 831. The lowest BCUT2D eigenvalue weighted by Gasteiger charge is -2.13. The monoisotopic (exact) mass is 377 g/mol. The third kappa shape index (κ3) is 3.90. The quantitative estimate of drug-likeness (QED) is 0.403. The van der Waals surface area contributed by atoms with Crippen LogP contribution in [-0.2, 0) is 6.54 Å². The fraction of sp³-hybridized carbons (Fsp3) is 0.118. The smallest absolute Gasteiger partial charge is 0.271 e. The molecule has 0 amide bonds. The van der Waals surface area contributed by atoms with Gasteiger partial charge in [-0.15, -0.1) is 11.3 Å². The predicted molar refractivity (Wildman–Crippen MR) is 97.5 cm³/mol. The van der Waals surface area contributed by atoms with E-state index in [1.54, 1.807) is 23.0 Å². The van der Waals surface area contributed by atoms with E-state index in [1.807, 2.05) is 42.7 Å². The maximum Gasteiger partial charge on any atom is 0.271 e. The van der Waals surface area contributed by atoms with E-state index in [9.17, 15) is 4.79 Å². The summed E-state index contributed by atoms with van der Waals surface area (Å²) in [4.78, 5) is 13.9. The zero-order chi connectivity index (χ0) is 16.9. The molecule has 3 heterocycles. The van der Waals surface area contributed by atoms with Gasteiger partial charge in [0.1, 0.15) is 5.76 Å². The van der Waals surface area contributed by atoms with E-state index in [0.717, 1.165) is 5.76 Å². The molecule has 122 valence electrons. The number of pyridine rings is 1. The van der Waals surface area contributed by atoms with E-state index in [0.29, 0.717) is 20.7 Å². The number of carbonyl (C=O) groups is 1. The second-order valence-electron chi connectivity index (χ2n) is 4.99. The number of hydrogen-bond acceptors (Lipinski definition) is 4. The van der Waals surface area contributed by atoms with Crippen LogP contribution in [0, 0.1) is 0 Å². The molecule has 0 unspecified atom stereocenters. The third-order valence-corrected chi connectivity index (χ3v) is 4.98. The standard InChI is InChI=1S/C17H13ClN2O2S2/c18-14-7-6-13(24-14)16(21)15(20-8-2-1-3-9-20)17(23)19-11-12-5-4-10-22-12/h1-10,15H,11H2/p+1/t15-/m1/s1. The van der Waals surface area contributed by atoms with Crippen LogP contribution in [0.2, 0.25) is 4.34 Å². The number of nitrogens with zero attached hydrogens (tertiary/aromatic N) is 1. The Balaban J connectivity index is 1.84. The van der Waals surface area contributed by atoms with Gasteiger partial charge < -0.3 is 9.73 Å². The van der Waals surface area contributed by atoms with Gasteiger partial charge >= 0.3 is 0 Å². The first-order valence-electron chi connectivity index (χ1n) is 7.20. The highest BCUT2D eigenvalue weighted by molar-refractivity contribution is 7.80. The van der Waals surface area contributed by atoms with E-state index < -0.39 is 6.04 Å². The average molecular weight is 378 g/mol. The molecule has 1 N–H and O–H groups in total. The topological polar surface area (TPSA) is 46.1 Å². The first-order valence-corrected chi connectivity index (χ1v) is 8.81. The molecule has 0 aromatic carbocycles. The van der Waals surface area contributed by atoms with Crippen LogP contribution in [0.25, 0.3) is 0 Å². The molecule has 0 aliphatic rings. The van der Waals surface area contributed by atoms with Crippen LogP contribution in [0.1, 0.15) is 21.5 Å². The van der Waals surface area contributed by atoms with Crippen molar-refractivity contribution in [1.82, 2.24) is 5.32 Å². The molecule has 7 heteroatoms. The number of thiophene rings is 1. The summed E-state index contributed by atoms with van der Waals surface area (Å²) in [6.45, 7) is 0.425. The molecule has 3 aromatic rings. The number of furan rings is 1. The zero-order valence-electron chi connectivity index (χ0n) is 12.5. The minimum atomic E-state index is -0.633. The van der Waals surface area contributed by atoms with Crippen LogP contribution in [0.4, 0.5) is 0 Å². The van der Waals surface area contributed by atoms with Gasteiger partial charge in [0.25, 0.3) is 6.04 Å². The van der Waals surface area contributed by atoms with Gasteiger partial charge in [-0.05, 0) is 24.3 Å². The minimum Gasteiger partial charge on any atom is -0.467 e. The highest BCUT2D eigenvalue weighted by atomic mass is 35.5. The van der Waals surface area contributed by atoms with Gasteiger partial charge in [0.15, 0.2) is 17.4 Å². The van der Waals surface area contributed by atoms with Gasteiger partial charge in [-0.3, -0.25) is 4.79 Å². The summed E-state index contributed by atoms with van der Waals surface area (Å²) < 4.78 is 7.65. The van der Waals surface area contributed by atoms with E-state index in [4.69, 9.17) is 28.2 Å². The van der Waals surface area contributed by atoms with Crippen molar-refractivity contribution in [3.05, 3.63) is 76.1 Å². The lowest BCUT2D eigenvalue weighted by molar-refractivity contribution is -0.692. The van der Waals surface area contributed by atoms with E-state index in [1.165, 1.54) is 11.3 Å². The van der Waals surface area contributed by atoms with Crippen molar-refractivity contribution in [3.63, 3.8) is 0 Å². The first-order chi connectivity index (χ1) is 11.6. The number of ketones is 1. The van der Waals surface area contributed by atoms with Crippen molar-refractivity contribution < 1.29 is 13.8 Å². The van der Waals surface area contributed by atoms with Gasteiger partial charge in [0, 0.05) is 12.1 Å². The zero-order valence-corrected chi connectivity index (χ0v) is 14.9. The molecule has 0 spiro atoms. The second-order valence-corrected chi connectivity index (χ2v) is 7.15. The average Bonchev–Trinajstić information content (AvgIpc) is 3.25. The van der Waals surface area contributed by atoms with Crippen molar-refractivity contribution in [2.75, 3.05) is 0 Å². The fourth-order valence-electron chi connectivity index (χ4n) is 2.24. The number of rotatable bonds is 6. The molecular weight excluding hydrogens is 364 g/mol. The minimum absolute atomic E-state index is 0.0972. The van der Waals surface area contributed by atoms with Gasteiger partial charge in [0.05, 0.1) is 22.0 Å². The lowest BCUT2D eigenvalue weighted by Crippen LogP contribution is -2.51. The molecule has 0 fully saturated rings. The maximum atomic E-state index is 12.9. The summed E-state index contributed by atoms with van der Waals surface area (Å²) in [5.41, 5.74) is 0. The SMILES string of the molecule is O=C(c1ccc(Cl)s1)[C@H](C(=S)NCc1ccco1)[n+]1ccccc1. The van der Waals surface area contributed by atoms with Gasteiger partial charge in [-0.1, -0.05) is 29.9 Å². The molecule has 3 rings (SSSR count). The molecular formula is C17H14ClN2O2S2+. The Morgan fingerprint density at radius 2 is 2.04 bits per heavy atom. The Kier molecular flexibility index (Phi) is 5.40. The molecule has 3 aromatic heterocycles. The molecule has 1 atom stereocenters. The maximum absolute atomic E-state index is 12.9. The van der Waals surface area contributed by atoms with Crippen molar-refractivity contribution in [2.45, 2.75) is 12.6 Å². The summed E-state index contributed by atoms with van der Waals surface area (Å²) in [7, 11) is 0. The summed E-state index contributed by atoms with van der Waals surface area (Å²) >= 11 is 12.7. The van der Waals surface area contributed by atoms with Crippen LogP contribution in [0.15, 0.2) is 65.5 Å². The molecule has 0 saturated heterocycles. The van der Waals surface area contributed by atoms with Gasteiger partial charge in [-0.25, -0.2) is 0 Å². The fourth-order valence-corrected chi connectivity index (χ4v) is 3.55. The normalized spacial score (nSPS) is 11.9. The summed E-state index contributed by atoms with van der Waals surface area (Å²) in [5, 5.41) is 3.11. The molecule has 4 nitrogen and oxygen atoms in total. The van der Waals surface area contributed by atoms with Crippen LogP contribution in [-0.4, -0.2) is 10.8 Å². The van der Waals surface area contributed by atoms with E-state index >= 15 is 0 Å². The number of thiocarbonyl (C=S) groups is 1. The van der Waals surface area contributed by atoms with Gasteiger partial charge in [-0.2, -0.15) is 4.57 Å². The van der Waals surface area contributed by atoms with Crippen molar-refractivity contribution in [2.24, 2.45) is 0 Å². The largest absolute Gasteiger partial charge is 0.467 e. The van der Waals surface area contributed by atoms with Crippen LogP contribution >= 0.6 is 35.2 Å². The Hall–Kier alpha value is -2.02. The lowest BCUT2D eigenvalue weighted by atomic mass is 10.1. The third-order valence-electron chi connectivity index (χ3n) is 3.37.